The maximum absolute atomic E-state index is 6.08. The third-order valence-electron chi connectivity index (χ3n) is 3.25. The van der Waals surface area contributed by atoms with Crippen molar-refractivity contribution < 1.29 is 0 Å². The van der Waals surface area contributed by atoms with Crippen LogP contribution in [0.25, 0.3) is 10.2 Å². The average molecular weight is 383 g/mol. The summed E-state index contributed by atoms with van der Waals surface area (Å²) in [5.74, 6) is 5.73. The Hall–Kier alpha value is -0.980. The summed E-state index contributed by atoms with van der Waals surface area (Å²) < 4.78 is 2.17. The van der Waals surface area contributed by atoms with Gasteiger partial charge in [0.25, 0.3) is 0 Å². The van der Waals surface area contributed by atoms with E-state index in [2.05, 4.69) is 32.4 Å². The predicted molar refractivity (Wildman–Crippen MR) is 92.5 cm³/mol. The Kier molecular flexibility index (Phi) is 4.57. The van der Waals surface area contributed by atoms with Crippen LogP contribution in [0.3, 0.4) is 0 Å². The molecule has 21 heavy (non-hydrogen) atoms. The molecule has 3 N–H and O–H groups in total. The number of hydrogen-bond acceptors (Lipinski definition) is 4. The van der Waals surface area contributed by atoms with Crippen molar-refractivity contribution >= 4 is 49.1 Å². The highest BCUT2D eigenvalue weighted by Crippen LogP contribution is 2.30. The van der Waals surface area contributed by atoms with Crippen molar-refractivity contribution in [2.45, 2.75) is 12.5 Å². The topological polar surface area (TPSA) is 50.9 Å². The summed E-state index contributed by atoms with van der Waals surface area (Å²) in [6.45, 7) is 0. The van der Waals surface area contributed by atoms with Gasteiger partial charge in [0.05, 0.1) is 21.3 Å². The molecule has 0 amide bonds. The Labute approximate surface area is 140 Å². The zero-order valence-electron chi connectivity index (χ0n) is 11.0. The minimum absolute atomic E-state index is 0.0429. The maximum Gasteiger partial charge on any atom is 0.0958 e. The number of benzene rings is 2. The molecule has 1 unspecified atom stereocenters. The third kappa shape index (κ3) is 3.27. The van der Waals surface area contributed by atoms with Gasteiger partial charge in [0, 0.05) is 15.9 Å². The first-order valence-corrected chi connectivity index (χ1v) is 8.41. The largest absolute Gasteiger partial charge is 0.271 e. The van der Waals surface area contributed by atoms with Crippen LogP contribution in [0.1, 0.15) is 16.6 Å². The molecule has 0 saturated heterocycles. The lowest BCUT2D eigenvalue weighted by Gasteiger charge is -2.17. The molecule has 3 rings (SSSR count). The molecule has 1 atom stereocenters. The molecule has 0 bridgehead atoms. The average Bonchev–Trinajstić information content (AvgIpc) is 2.90. The van der Waals surface area contributed by atoms with Crippen LogP contribution in [0.2, 0.25) is 5.02 Å². The lowest BCUT2D eigenvalue weighted by molar-refractivity contribution is 0.549. The Morgan fingerprint density at radius 1 is 1.29 bits per heavy atom. The van der Waals surface area contributed by atoms with Crippen LogP contribution < -0.4 is 11.3 Å². The second kappa shape index (κ2) is 6.42. The first kappa shape index (κ1) is 14.9. The zero-order chi connectivity index (χ0) is 14.8. The van der Waals surface area contributed by atoms with Crippen LogP contribution in [0.15, 0.2) is 46.9 Å². The van der Waals surface area contributed by atoms with E-state index in [1.807, 2.05) is 36.4 Å². The van der Waals surface area contributed by atoms with Crippen LogP contribution in [-0.4, -0.2) is 4.98 Å². The van der Waals surface area contributed by atoms with Gasteiger partial charge in [-0.15, -0.1) is 11.3 Å². The van der Waals surface area contributed by atoms with Gasteiger partial charge < -0.3 is 0 Å². The number of hydrogen-bond donors (Lipinski definition) is 2. The van der Waals surface area contributed by atoms with E-state index in [1.165, 1.54) is 4.70 Å². The van der Waals surface area contributed by atoms with Gasteiger partial charge in [-0.2, -0.15) is 0 Å². The molecule has 2 aromatic carbocycles. The number of rotatable bonds is 4. The molecular formula is C15H13BrClN3S. The molecule has 0 fully saturated rings. The van der Waals surface area contributed by atoms with Gasteiger partial charge >= 0.3 is 0 Å². The Bertz CT molecular complexity index is 741. The quantitative estimate of drug-likeness (QED) is 0.517. The second-order valence-electron chi connectivity index (χ2n) is 4.66. The molecule has 1 heterocycles. The van der Waals surface area contributed by atoms with Crippen molar-refractivity contribution in [3.8, 4) is 0 Å². The summed E-state index contributed by atoms with van der Waals surface area (Å²) in [5.41, 5.74) is 4.92. The van der Waals surface area contributed by atoms with Crippen LogP contribution >= 0.6 is 38.9 Å². The number of halogens is 2. The van der Waals surface area contributed by atoms with E-state index in [4.69, 9.17) is 17.4 Å². The van der Waals surface area contributed by atoms with Gasteiger partial charge in [-0.3, -0.25) is 11.3 Å². The maximum atomic E-state index is 6.08. The number of hydrazine groups is 1. The predicted octanol–water partition coefficient (Wildman–Crippen LogP) is 4.46. The van der Waals surface area contributed by atoms with E-state index < -0.39 is 0 Å². The molecule has 0 spiro atoms. The van der Waals surface area contributed by atoms with E-state index in [1.54, 1.807) is 11.3 Å². The van der Waals surface area contributed by atoms with Crippen molar-refractivity contribution in [2.24, 2.45) is 5.84 Å². The molecular weight excluding hydrogens is 370 g/mol. The van der Waals surface area contributed by atoms with Gasteiger partial charge in [-0.1, -0.05) is 39.7 Å². The summed E-state index contributed by atoms with van der Waals surface area (Å²) >= 11 is 11.3. The smallest absolute Gasteiger partial charge is 0.0958 e. The molecule has 0 saturated carbocycles. The fourth-order valence-corrected chi connectivity index (χ4v) is 3.94. The second-order valence-corrected chi connectivity index (χ2v) is 7.07. The summed E-state index contributed by atoms with van der Waals surface area (Å²) in [6, 6.07) is 13.8. The first-order chi connectivity index (χ1) is 10.2. The van der Waals surface area contributed by atoms with E-state index in [0.29, 0.717) is 5.02 Å². The molecule has 3 nitrogen and oxygen atoms in total. The Balaban J connectivity index is 1.91. The van der Waals surface area contributed by atoms with Gasteiger partial charge in [-0.05, 0) is 35.9 Å². The summed E-state index contributed by atoms with van der Waals surface area (Å²) in [6.07, 6.45) is 0.717. The zero-order valence-corrected chi connectivity index (χ0v) is 14.2. The normalized spacial score (nSPS) is 12.7. The van der Waals surface area contributed by atoms with E-state index in [-0.39, 0.29) is 6.04 Å². The fraction of sp³-hybridized carbons (Fsp3) is 0.133. The van der Waals surface area contributed by atoms with Gasteiger partial charge in [0.1, 0.15) is 0 Å². The summed E-state index contributed by atoms with van der Waals surface area (Å²) in [4.78, 5) is 4.65. The molecule has 108 valence electrons. The number of fused-ring (bicyclic) bond motifs is 1. The van der Waals surface area contributed by atoms with Gasteiger partial charge in [0.15, 0.2) is 0 Å². The fourth-order valence-electron chi connectivity index (χ4n) is 2.22. The highest BCUT2D eigenvalue weighted by Gasteiger charge is 2.16. The summed E-state index contributed by atoms with van der Waals surface area (Å²) in [5, 5.41) is 1.74. The number of nitrogens with two attached hydrogens (primary N) is 1. The van der Waals surface area contributed by atoms with Gasteiger partial charge in [0.2, 0.25) is 0 Å². The van der Waals surface area contributed by atoms with Gasteiger partial charge in [-0.25, -0.2) is 4.98 Å². The van der Waals surface area contributed by atoms with E-state index >= 15 is 0 Å². The van der Waals surface area contributed by atoms with Crippen molar-refractivity contribution in [1.29, 1.82) is 0 Å². The molecule has 0 radical (unpaired) electrons. The van der Waals surface area contributed by atoms with Crippen LogP contribution in [0.5, 0.6) is 0 Å². The SMILES string of the molecule is NNC(Cc1nc2ccccc2s1)c1cc(Cl)ccc1Br. The standard InChI is InChI=1S/C15H13BrClN3S/c16-11-6-5-9(17)7-10(11)13(20-18)8-15-19-12-3-1-2-4-14(12)21-15/h1-7,13,20H,8,18H2. The van der Waals surface area contributed by atoms with E-state index in [9.17, 15) is 0 Å². The monoisotopic (exact) mass is 381 g/mol. The molecule has 6 heteroatoms. The Morgan fingerprint density at radius 3 is 2.86 bits per heavy atom. The minimum atomic E-state index is -0.0429. The number of nitrogens with zero attached hydrogens (tertiary/aromatic N) is 1. The van der Waals surface area contributed by atoms with E-state index in [0.717, 1.165) is 27.0 Å². The molecule has 0 aliphatic rings. The van der Waals surface area contributed by atoms with Crippen LogP contribution in [0.4, 0.5) is 0 Å². The third-order valence-corrected chi connectivity index (χ3v) is 5.27. The Morgan fingerprint density at radius 2 is 2.10 bits per heavy atom. The van der Waals surface area contributed by atoms with Crippen molar-refractivity contribution in [1.82, 2.24) is 10.4 Å². The van der Waals surface area contributed by atoms with Crippen molar-refractivity contribution in [3.05, 3.63) is 62.5 Å². The van der Waals surface area contributed by atoms with Crippen LogP contribution in [0, 0.1) is 0 Å². The number of nitrogens with one attached hydrogen (secondary N) is 1. The van der Waals surface area contributed by atoms with Crippen LogP contribution in [-0.2, 0) is 6.42 Å². The number of thiazole rings is 1. The number of para-hydroxylation sites is 1. The molecule has 3 aromatic rings. The number of aromatic nitrogens is 1. The highest BCUT2D eigenvalue weighted by atomic mass is 79.9. The first-order valence-electron chi connectivity index (χ1n) is 6.43. The molecule has 0 aliphatic carbocycles. The molecule has 0 aliphatic heterocycles. The van der Waals surface area contributed by atoms with Crippen molar-refractivity contribution in [3.63, 3.8) is 0 Å². The van der Waals surface area contributed by atoms with Crippen molar-refractivity contribution in [2.75, 3.05) is 0 Å². The molecule has 1 aromatic heterocycles. The lowest BCUT2D eigenvalue weighted by atomic mass is 10.0. The lowest BCUT2D eigenvalue weighted by Crippen LogP contribution is -2.29. The minimum Gasteiger partial charge on any atom is -0.271 e. The highest BCUT2D eigenvalue weighted by molar-refractivity contribution is 9.10. The summed E-state index contributed by atoms with van der Waals surface area (Å²) in [7, 11) is 0.